The molecule has 1 unspecified atom stereocenters. The maximum absolute atomic E-state index is 15.2. The fourth-order valence-electron chi connectivity index (χ4n) is 5.08. The molecule has 0 spiro atoms. The Bertz CT molecular complexity index is 1220. The van der Waals surface area contributed by atoms with Gasteiger partial charge in [-0.3, -0.25) is 4.79 Å². The van der Waals surface area contributed by atoms with Crippen LogP contribution in [0.15, 0.2) is 54.7 Å². The summed E-state index contributed by atoms with van der Waals surface area (Å²) in [7, 11) is 1.55. The number of ether oxygens (including phenoxy) is 2. The molecule has 176 valence electrons. The Balaban J connectivity index is 1.40. The second kappa shape index (κ2) is 9.18. The molecule has 1 aliphatic heterocycles. The number of halogens is 1. The van der Waals surface area contributed by atoms with Crippen LogP contribution in [0.2, 0.25) is 0 Å². The number of hydrogen-bond donors (Lipinski definition) is 1. The van der Waals surface area contributed by atoms with Gasteiger partial charge in [-0.1, -0.05) is 37.3 Å². The summed E-state index contributed by atoms with van der Waals surface area (Å²) in [6.07, 6.45) is 3.96. The van der Waals surface area contributed by atoms with Crippen molar-refractivity contribution < 1.29 is 23.8 Å². The average Bonchev–Trinajstić information content (AvgIpc) is 3.68. The Hall–Kier alpha value is -3.25. The van der Waals surface area contributed by atoms with Crippen LogP contribution in [0.1, 0.15) is 54.0 Å². The van der Waals surface area contributed by atoms with Gasteiger partial charge in [0.2, 0.25) is 5.88 Å². The highest BCUT2D eigenvalue weighted by Gasteiger charge is 2.39. The van der Waals surface area contributed by atoms with Gasteiger partial charge in [0.15, 0.2) is 0 Å². The molecule has 0 bridgehead atoms. The fourth-order valence-corrected chi connectivity index (χ4v) is 5.08. The standard InChI is InChI=1S/C28H28FNO4/c1-16(28(31)32)27(17-3-4-17)20-5-6-21-15-34-25(13-22(21)11-20)23-8-7-18(12-24(23)29)19-9-10-30-26(14-19)33-2/h5-12,14,16-17,25,27H,3-4,13,15H2,1-2H3,(H,31,32)/t16-,25?,27-/m0/s1. The number of fused-ring (bicyclic) bond motifs is 1. The topological polar surface area (TPSA) is 68.7 Å². The first kappa shape index (κ1) is 22.5. The van der Waals surface area contributed by atoms with Gasteiger partial charge in [-0.05, 0) is 64.6 Å². The maximum Gasteiger partial charge on any atom is 0.306 e. The van der Waals surface area contributed by atoms with Crippen LogP contribution in [-0.4, -0.2) is 23.2 Å². The average molecular weight is 462 g/mol. The van der Waals surface area contributed by atoms with Gasteiger partial charge in [0.05, 0.1) is 25.7 Å². The molecule has 1 N–H and O–H groups in total. The molecule has 0 saturated heterocycles. The van der Waals surface area contributed by atoms with Crippen molar-refractivity contribution >= 4 is 5.97 Å². The highest BCUT2D eigenvalue weighted by atomic mass is 19.1. The number of pyridine rings is 1. The summed E-state index contributed by atoms with van der Waals surface area (Å²) in [5.41, 5.74) is 5.36. The van der Waals surface area contributed by atoms with Crippen molar-refractivity contribution in [1.82, 2.24) is 4.98 Å². The number of rotatable bonds is 7. The van der Waals surface area contributed by atoms with Crippen molar-refractivity contribution in [2.75, 3.05) is 7.11 Å². The van der Waals surface area contributed by atoms with Crippen molar-refractivity contribution in [3.05, 3.63) is 82.8 Å². The van der Waals surface area contributed by atoms with Gasteiger partial charge in [-0.25, -0.2) is 9.37 Å². The second-order valence-electron chi connectivity index (χ2n) is 9.35. The number of aliphatic carboxylic acids is 1. The molecular formula is C28H28FNO4. The van der Waals surface area contributed by atoms with E-state index in [1.54, 1.807) is 32.4 Å². The zero-order valence-electron chi connectivity index (χ0n) is 19.3. The number of nitrogens with zero attached hydrogens (tertiary/aromatic N) is 1. The molecule has 0 radical (unpaired) electrons. The first-order valence-electron chi connectivity index (χ1n) is 11.7. The number of methoxy groups -OCH3 is 1. The van der Waals surface area contributed by atoms with Crippen molar-refractivity contribution in [2.24, 2.45) is 11.8 Å². The van der Waals surface area contributed by atoms with Crippen molar-refractivity contribution in [2.45, 2.75) is 44.8 Å². The monoisotopic (exact) mass is 461 g/mol. The molecule has 3 atom stereocenters. The lowest BCUT2D eigenvalue weighted by atomic mass is 9.81. The van der Waals surface area contributed by atoms with Crippen LogP contribution >= 0.6 is 0 Å². The molecule has 2 aromatic carbocycles. The molecule has 6 heteroatoms. The first-order chi connectivity index (χ1) is 16.4. The van der Waals surface area contributed by atoms with Crippen LogP contribution in [0.25, 0.3) is 11.1 Å². The predicted molar refractivity (Wildman–Crippen MR) is 126 cm³/mol. The normalized spacial score (nSPS) is 19.2. The molecule has 1 aromatic heterocycles. The van der Waals surface area contributed by atoms with Gasteiger partial charge in [0.1, 0.15) is 5.82 Å². The molecule has 1 fully saturated rings. The third-order valence-corrected chi connectivity index (χ3v) is 7.14. The Labute approximate surface area is 198 Å². The number of hydrogen-bond acceptors (Lipinski definition) is 4. The fraction of sp³-hybridized carbons (Fsp3) is 0.357. The van der Waals surface area contributed by atoms with Crippen LogP contribution in [0.4, 0.5) is 4.39 Å². The van der Waals surface area contributed by atoms with E-state index in [0.29, 0.717) is 30.4 Å². The zero-order chi connectivity index (χ0) is 23.8. The molecular weight excluding hydrogens is 433 g/mol. The van der Waals surface area contributed by atoms with E-state index in [2.05, 4.69) is 11.1 Å². The van der Waals surface area contributed by atoms with E-state index in [0.717, 1.165) is 40.7 Å². The van der Waals surface area contributed by atoms with Gasteiger partial charge in [0, 0.05) is 24.2 Å². The van der Waals surface area contributed by atoms with Crippen molar-refractivity contribution in [1.29, 1.82) is 0 Å². The minimum atomic E-state index is -0.759. The number of carboxylic acids is 1. The maximum atomic E-state index is 15.2. The van der Waals surface area contributed by atoms with Crippen LogP contribution in [-0.2, 0) is 22.6 Å². The first-order valence-corrected chi connectivity index (χ1v) is 11.7. The lowest BCUT2D eigenvalue weighted by Crippen LogP contribution is -2.22. The van der Waals surface area contributed by atoms with Crippen molar-refractivity contribution in [3.8, 4) is 17.0 Å². The van der Waals surface area contributed by atoms with Gasteiger partial charge in [0.25, 0.3) is 0 Å². The Morgan fingerprint density at radius 1 is 1.12 bits per heavy atom. The second-order valence-corrected chi connectivity index (χ2v) is 9.35. The van der Waals surface area contributed by atoms with E-state index in [1.807, 2.05) is 24.3 Å². The van der Waals surface area contributed by atoms with Gasteiger partial charge in [-0.15, -0.1) is 0 Å². The Morgan fingerprint density at radius 3 is 2.62 bits per heavy atom. The summed E-state index contributed by atoms with van der Waals surface area (Å²) in [5.74, 6) is -0.586. The van der Waals surface area contributed by atoms with Gasteiger partial charge < -0.3 is 14.6 Å². The largest absolute Gasteiger partial charge is 0.481 e. The van der Waals surface area contributed by atoms with E-state index in [1.165, 1.54) is 6.07 Å². The van der Waals surface area contributed by atoms with Crippen LogP contribution < -0.4 is 4.74 Å². The number of carbonyl (C=O) groups is 1. The van der Waals surface area contributed by atoms with Crippen LogP contribution in [0.3, 0.4) is 0 Å². The number of aromatic nitrogens is 1. The van der Waals surface area contributed by atoms with Crippen LogP contribution in [0, 0.1) is 17.7 Å². The molecule has 5 rings (SSSR count). The van der Waals surface area contributed by atoms with Gasteiger partial charge >= 0.3 is 5.97 Å². The molecule has 0 amide bonds. The molecule has 3 aromatic rings. The molecule has 1 saturated carbocycles. The van der Waals surface area contributed by atoms with Crippen molar-refractivity contribution in [3.63, 3.8) is 0 Å². The lowest BCUT2D eigenvalue weighted by molar-refractivity contribution is -0.142. The zero-order valence-corrected chi connectivity index (χ0v) is 19.3. The minimum absolute atomic E-state index is 0.0115. The summed E-state index contributed by atoms with van der Waals surface area (Å²) >= 11 is 0. The summed E-state index contributed by atoms with van der Waals surface area (Å²) in [6, 6.07) is 15.0. The van der Waals surface area contributed by atoms with E-state index < -0.39 is 11.9 Å². The number of carboxylic acid groups (broad SMARTS) is 1. The van der Waals surface area contributed by atoms with Crippen LogP contribution in [0.5, 0.6) is 5.88 Å². The lowest BCUT2D eigenvalue weighted by Gasteiger charge is -2.28. The molecule has 34 heavy (non-hydrogen) atoms. The quantitative estimate of drug-likeness (QED) is 0.473. The molecule has 2 aliphatic rings. The highest BCUT2D eigenvalue weighted by Crippen LogP contribution is 2.47. The molecule has 2 heterocycles. The summed E-state index contributed by atoms with van der Waals surface area (Å²) < 4.78 is 26.4. The summed E-state index contributed by atoms with van der Waals surface area (Å²) in [4.78, 5) is 15.8. The van der Waals surface area contributed by atoms with E-state index in [9.17, 15) is 9.90 Å². The van der Waals surface area contributed by atoms with E-state index >= 15 is 4.39 Å². The highest BCUT2D eigenvalue weighted by molar-refractivity contribution is 5.71. The third-order valence-electron chi connectivity index (χ3n) is 7.14. The Morgan fingerprint density at radius 2 is 1.91 bits per heavy atom. The SMILES string of the molecule is COc1cc(-c2ccc(C3Cc4cc([C@H](C5CC5)[C@H](C)C(=O)O)ccc4CO3)c(F)c2)ccn1. The summed E-state index contributed by atoms with van der Waals surface area (Å²) in [6.45, 7) is 2.21. The Kier molecular flexibility index (Phi) is 6.09. The minimum Gasteiger partial charge on any atom is -0.481 e. The molecule has 1 aliphatic carbocycles. The van der Waals surface area contributed by atoms with E-state index in [4.69, 9.17) is 9.47 Å². The number of benzene rings is 2. The summed E-state index contributed by atoms with van der Waals surface area (Å²) in [5, 5.41) is 9.61. The van der Waals surface area contributed by atoms with E-state index in [-0.39, 0.29) is 17.8 Å². The molecule has 5 nitrogen and oxygen atoms in total. The predicted octanol–water partition coefficient (Wildman–Crippen LogP) is 5.92. The third kappa shape index (κ3) is 4.42. The smallest absolute Gasteiger partial charge is 0.306 e. The van der Waals surface area contributed by atoms with Gasteiger partial charge in [-0.2, -0.15) is 0 Å².